The van der Waals surface area contributed by atoms with E-state index in [9.17, 15) is 0 Å². The summed E-state index contributed by atoms with van der Waals surface area (Å²) in [5.41, 5.74) is 1.46. The minimum absolute atomic E-state index is 0.787. The molecule has 0 saturated carbocycles. The van der Waals surface area contributed by atoms with Gasteiger partial charge in [0.25, 0.3) is 0 Å². The first-order valence-corrected chi connectivity index (χ1v) is 10.5. The summed E-state index contributed by atoms with van der Waals surface area (Å²) < 4.78 is 0. The molecule has 3 rings (SSSR count). The Labute approximate surface area is 169 Å². The molecule has 0 bridgehead atoms. The molecule has 5 heteroatoms. The maximum absolute atomic E-state index is 4.49. The van der Waals surface area contributed by atoms with Gasteiger partial charge in [0.1, 0.15) is 5.82 Å². The lowest BCUT2D eigenvalue weighted by Crippen LogP contribution is -2.46. The third-order valence-corrected chi connectivity index (χ3v) is 5.35. The highest BCUT2D eigenvalue weighted by Gasteiger charge is 2.21. The van der Waals surface area contributed by atoms with Crippen LogP contribution in [0, 0.1) is 5.92 Å². The number of likely N-dealkylation sites (tertiary alicyclic amines) is 1. The Hall–Kier alpha value is -2.56. The van der Waals surface area contributed by atoms with Crippen molar-refractivity contribution in [2.45, 2.75) is 32.1 Å². The number of rotatable bonds is 8. The summed E-state index contributed by atoms with van der Waals surface area (Å²) >= 11 is 0. The van der Waals surface area contributed by atoms with Crippen molar-refractivity contribution in [3.63, 3.8) is 0 Å². The molecule has 0 unspecified atom stereocenters. The summed E-state index contributed by atoms with van der Waals surface area (Å²) in [5.74, 6) is 2.79. The van der Waals surface area contributed by atoms with Crippen molar-refractivity contribution in [2.75, 3.05) is 38.5 Å². The van der Waals surface area contributed by atoms with E-state index in [0.29, 0.717) is 0 Å². The lowest BCUT2D eigenvalue weighted by molar-refractivity contribution is 0.259. The predicted octanol–water partition coefficient (Wildman–Crippen LogP) is 3.80. The van der Waals surface area contributed by atoms with Crippen LogP contribution in [0.1, 0.15) is 31.2 Å². The zero-order chi connectivity index (χ0) is 19.4. The fraction of sp³-hybridized carbons (Fsp3) is 0.478. The van der Waals surface area contributed by atoms with Crippen LogP contribution in [0.4, 0.5) is 5.82 Å². The van der Waals surface area contributed by atoms with E-state index < -0.39 is 0 Å². The number of benzene rings is 1. The molecular formula is C23H33N5. The van der Waals surface area contributed by atoms with Crippen molar-refractivity contribution in [1.29, 1.82) is 0 Å². The van der Waals surface area contributed by atoms with E-state index in [1.165, 1.54) is 24.8 Å². The van der Waals surface area contributed by atoms with Crippen LogP contribution in [0.3, 0.4) is 0 Å². The summed E-state index contributed by atoms with van der Waals surface area (Å²) in [7, 11) is 1.89. The summed E-state index contributed by atoms with van der Waals surface area (Å²) in [4.78, 5) is 11.2. The molecule has 1 aliphatic rings. The Kier molecular flexibility index (Phi) is 8.16. The molecule has 0 aliphatic carbocycles. The molecule has 1 aliphatic heterocycles. The molecule has 28 heavy (non-hydrogen) atoms. The van der Waals surface area contributed by atoms with Crippen LogP contribution in [0.2, 0.25) is 0 Å². The van der Waals surface area contributed by atoms with E-state index in [1.807, 2.05) is 31.4 Å². The number of pyridine rings is 1. The van der Waals surface area contributed by atoms with Crippen molar-refractivity contribution in [2.24, 2.45) is 10.9 Å². The molecule has 1 saturated heterocycles. The largest absolute Gasteiger partial charge is 0.370 e. The second kappa shape index (κ2) is 11.3. The van der Waals surface area contributed by atoms with Gasteiger partial charge < -0.3 is 15.5 Å². The number of aliphatic imine (C=N–C) groups is 1. The molecule has 2 N–H and O–H groups in total. The molecule has 0 radical (unpaired) electrons. The zero-order valence-corrected chi connectivity index (χ0v) is 17.0. The average molecular weight is 380 g/mol. The van der Waals surface area contributed by atoms with E-state index >= 15 is 0 Å². The van der Waals surface area contributed by atoms with Gasteiger partial charge in [-0.25, -0.2) is 4.98 Å². The Morgan fingerprint density at radius 3 is 2.50 bits per heavy atom. The number of guanidine groups is 1. The minimum Gasteiger partial charge on any atom is -0.370 e. The van der Waals surface area contributed by atoms with Crippen molar-refractivity contribution in [3.8, 4) is 0 Å². The van der Waals surface area contributed by atoms with Gasteiger partial charge in [-0.1, -0.05) is 36.4 Å². The van der Waals surface area contributed by atoms with Crippen molar-refractivity contribution in [1.82, 2.24) is 15.2 Å². The number of aromatic nitrogens is 1. The normalized spacial score (nSPS) is 15.5. The van der Waals surface area contributed by atoms with Crippen LogP contribution in [0.25, 0.3) is 0 Å². The van der Waals surface area contributed by atoms with Gasteiger partial charge in [0.15, 0.2) is 5.96 Å². The van der Waals surface area contributed by atoms with Gasteiger partial charge in [-0.2, -0.15) is 0 Å². The molecule has 5 nitrogen and oxygen atoms in total. The first-order chi connectivity index (χ1) is 13.8. The van der Waals surface area contributed by atoms with Crippen molar-refractivity contribution < 1.29 is 0 Å². The fourth-order valence-electron chi connectivity index (χ4n) is 3.76. The van der Waals surface area contributed by atoms with E-state index in [1.54, 1.807) is 0 Å². The number of anilines is 1. The standard InChI is InChI=1S/C23H33N5/c1-24-23(27-16-8-7-15-26-22-11-5-6-14-25-22)28-17-12-21(13-18-28)19-20-9-3-2-4-10-20/h2-6,9-11,14,21H,7-8,12-13,15-19H2,1H3,(H,24,27)(H,25,26). The lowest BCUT2D eigenvalue weighted by atomic mass is 9.90. The molecule has 2 heterocycles. The summed E-state index contributed by atoms with van der Waals surface area (Å²) in [6.07, 6.45) is 7.72. The summed E-state index contributed by atoms with van der Waals surface area (Å²) in [6, 6.07) is 16.8. The summed E-state index contributed by atoms with van der Waals surface area (Å²) in [5, 5.41) is 6.89. The zero-order valence-electron chi connectivity index (χ0n) is 17.0. The number of piperidine rings is 1. The average Bonchev–Trinajstić information content (AvgIpc) is 2.75. The monoisotopic (exact) mass is 379 g/mol. The first-order valence-electron chi connectivity index (χ1n) is 10.5. The Morgan fingerprint density at radius 1 is 1.04 bits per heavy atom. The number of hydrogen-bond donors (Lipinski definition) is 2. The molecule has 1 aromatic carbocycles. The highest BCUT2D eigenvalue weighted by atomic mass is 15.3. The van der Waals surface area contributed by atoms with Gasteiger partial charge in [-0.05, 0) is 55.7 Å². The minimum atomic E-state index is 0.787. The van der Waals surface area contributed by atoms with Crippen LogP contribution in [0.5, 0.6) is 0 Å². The van der Waals surface area contributed by atoms with Crippen LogP contribution in [0.15, 0.2) is 59.7 Å². The number of nitrogens with zero attached hydrogens (tertiary/aromatic N) is 3. The van der Waals surface area contributed by atoms with Crippen LogP contribution >= 0.6 is 0 Å². The van der Waals surface area contributed by atoms with E-state index in [2.05, 4.69) is 55.8 Å². The highest BCUT2D eigenvalue weighted by Crippen LogP contribution is 2.21. The third-order valence-electron chi connectivity index (χ3n) is 5.35. The predicted molar refractivity (Wildman–Crippen MR) is 118 cm³/mol. The number of unbranched alkanes of at least 4 members (excludes halogenated alkanes) is 1. The summed E-state index contributed by atoms with van der Waals surface area (Å²) in [6.45, 7) is 4.10. The Balaban J connectivity index is 1.30. The van der Waals surface area contributed by atoms with E-state index in [4.69, 9.17) is 0 Å². The van der Waals surface area contributed by atoms with Gasteiger partial charge >= 0.3 is 0 Å². The third kappa shape index (κ3) is 6.55. The van der Waals surface area contributed by atoms with Crippen LogP contribution in [-0.2, 0) is 6.42 Å². The molecule has 1 aromatic heterocycles. The van der Waals surface area contributed by atoms with Crippen LogP contribution < -0.4 is 10.6 Å². The van der Waals surface area contributed by atoms with Gasteiger partial charge in [0.05, 0.1) is 0 Å². The van der Waals surface area contributed by atoms with Crippen molar-refractivity contribution >= 4 is 11.8 Å². The maximum Gasteiger partial charge on any atom is 0.193 e. The molecule has 0 atom stereocenters. The SMILES string of the molecule is CN=C(NCCCCNc1ccccn1)N1CCC(Cc2ccccc2)CC1. The van der Waals surface area contributed by atoms with Gasteiger partial charge in [-0.15, -0.1) is 0 Å². The molecule has 2 aromatic rings. The topological polar surface area (TPSA) is 52.6 Å². The molecule has 150 valence electrons. The second-order valence-electron chi connectivity index (χ2n) is 7.44. The van der Waals surface area contributed by atoms with Crippen molar-refractivity contribution in [3.05, 3.63) is 60.3 Å². The molecule has 0 amide bonds. The Bertz CT molecular complexity index is 693. The molecule has 0 spiro atoms. The highest BCUT2D eigenvalue weighted by molar-refractivity contribution is 5.79. The van der Waals surface area contributed by atoms with E-state index in [0.717, 1.165) is 56.7 Å². The Morgan fingerprint density at radius 2 is 1.79 bits per heavy atom. The quantitative estimate of drug-likeness (QED) is 0.416. The van der Waals surface area contributed by atoms with Gasteiger partial charge in [0, 0.05) is 39.4 Å². The first kappa shape index (κ1) is 20.2. The van der Waals surface area contributed by atoms with Gasteiger partial charge in [0.2, 0.25) is 0 Å². The molecule has 1 fully saturated rings. The fourth-order valence-corrected chi connectivity index (χ4v) is 3.76. The second-order valence-corrected chi connectivity index (χ2v) is 7.44. The smallest absolute Gasteiger partial charge is 0.193 e. The maximum atomic E-state index is 4.49. The van der Waals surface area contributed by atoms with E-state index in [-0.39, 0.29) is 0 Å². The molecular weight excluding hydrogens is 346 g/mol. The number of hydrogen-bond acceptors (Lipinski definition) is 3. The number of nitrogens with one attached hydrogen (secondary N) is 2. The van der Waals surface area contributed by atoms with Crippen LogP contribution in [-0.4, -0.2) is 49.1 Å². The lowest BCUT2D eigenvalue weighted by Gasteiger charge is -2.34. The van der Waals surface area contributed by atoms with Gasteiger partial charge in [-0.3, -0.25) is 4.99 Å².